The van der Waals surface area contributed by atoms with Gasteiger partial charge in [0.25, 0.3) is 5.91 Å². The third-order valence-electron chi connectivity index (χ3n) is 2.55. The van der Waals surface area contributed by atoms with E-state index in [1.54, 1.807) is 19.1 Å². The lowest BCUT2D eigenvalue weighted by Gasteiger charge is -2.18. The Morgan fingerprint density at radius 3 is 2.47 bits per heavy atom. The van der Waals surface area contributed by atoms with Crippen LogP contribution in [0.25, 0.3) is 0 Å². The van der Waals surface area contributed by atoms with Crippen LogP contribution in [0.5, 0.6) is 5.75 Å². The van der Waals surface area contributed by atoms with Gasteiger partial charge in [-0.2, -0.15) is 0 Å². The van der Waals surface area contributed by atoms with Crippen LogP contribution in [0.15, 0.2) is 24.3 Å². The number of nitrogens with one attached hydrogen (secondary N) is 2. The molecule has 3 amide bonds. The molecule has 19 heavy (non-hydrogen) atoms. The van der Waals surface area contributed by atoms with Crippen LogP contribution in [0, 0.1) is 0 Å². The molecule has 0 aromatic heterocycles. The first kappa shape index (κ1) is 15.0. The largest absolute Gasteiger partial charge is 0.481 e. The second kappa shape index (κ2) is 6.75. The van der Waals surface area contributed by atoms with E-state index in [0.717, 1.165) is 5.56 Å². The molecule has 0 bridgehead atoms. The summed E-state index contributed by atoms with van der Waals surface area (Å²) in [5.41, 5.74) is 6.63. The number of urea groups is 1. The average Bonchev–Trinajstić information content (AvgIpc) is 2.38. The minimum Gasteiger partial charge on any atom is -0.481 e. The highest BCUT2D eigenvalue weighted by Crippen LogP contribution is 2.24. The zero-order chi connectivity index (χ0) is 14.4. The van der Waals surface area contributed by atoms with Crippen LogP contribution < -0.4 is 21.1 Å². The van der Waals surface area contributed by atoms with Gasteiger partial charge < -0.3 is 15.8 Å². The van der Waals surface area contributed by atoms with Gasteiger partial charge in [0.05, 0.1) is 0 Å². The number of para-hydroxylation sites is 1. The van der Waals surface area contributed by atoms with Gasteiger partial charge in [0.1, 0.15) is 5.75 Å². The van der Waals surface area contributed by atoms with Gasteiger partial charge in [-0.1, -0.05) is 18.2 Å². The third-order valence-corrected chi connectivity index (χ3v) is 2.55. The van der Waals surface area contributed by atoms with E-state index < -0.39 is 18.0 Å². The molecule has 104 valence electrons. The van der Waals surface area contributed by atoms with Crippen LogP contribution in [-0.4, -0.2) is 25.1 Å². The minimum atomic E-state index is -0.794. The Bertz CT molecular complexity index is 460. The number of ether oxygens (including phenoxy) is 1. The van der Waals surface area contributed by atoms with E-state index in [2.05, 4.69) is 10.6 Å². The van der Waals surface area contributed by atoms with Crippen molar-refractivity contribution in [2.75, 3.05) is 7.05 Å². The topological polar surface area (TPSA) is 93.5 Å². The lowest BCUT2D eigenvalue weighted by molar-refractivity contribution is -0.126. The molecule has 6 heteroatoms. The summed E-state index contributed by atoms with van der Waals surface area (Å²) >= 11 is 0. The van der Waals surface area contributed by atoms with Crippen LogP contribution >= 0.6 is 0 Å². The van der Waals surface area contributed by atoms with Crippen molar-refractivity contribution in [3.63, 3.8) is 0 Å². The zero-order valence-corrected chi connectivity index (χ0v) is 11.3. The first-order chi connectivity index (χ1) is 8.95. The van der Waals surface area contributed by atoms with Gasteiger partial charge in [0, 0.05) is 18.7 Å². The number of carbonyl (C=O) groups excluding carboxylic acids is 2. The first-order valence-corrected chi connectivity index (χ1v) is 5.99. The molecule has 0 heterocycles. The fourth-order valence-electron chi connectivity index (χ4n) is 1.48. The Morgan fingerprint density at radius 1 is 1.26 bits per heavy atom. The van der Waals surface area contributed by atoms with Gasteiger partial charge in [-0.05, 0) is 19.9 Å². The minimum absolute atomic E-state index is 0.203. The third kappa shape index (κ3) is 4.26. The maximum atomic E-state index is 11.7. The van der Waals surface area contributed by atoms with E-state index in [4.69, 9.17) is 10.5 Å². The number of carbonyl (C=O) groups is 2. The highest BCUT2D eigenvalue weighted by molar-refractivity contribution is 5.96. The number of imide groups is 1. The molecular formula is C13H19N3O3. The summed E-state index contributed by atoms with van der Waals surface area (Å²) in [5.74, 6) is 0.0240. The predicted octanol–water partition coefficient (Wildman–Crippen LogP) is 0.929. The van der Waals surface area contributed by atoms with Crippen molar-refractivity contribution in [2.24, 2.45) is 5.73 Å². The van der Waals surface area contributed by atoms with Gasteiger partial charge in [0.15, 0.2) is 6.10 Å². The summed E-state index contributed by atoms with van der Waals surface area (Å²) in [4.78, 5) is 22.7. The lowest BCUT2D eigenvalue weighted by Crippen LogP contribution is -2.44. The van der Waals surface area contributed by atoms with E-state index in [0.29, 0.717) is 5.75 Å². The summed E-state index contributed by atoms with van der Waals surface area (Å²) in [6.45, 7) is 3.40. The highest BCUT2D eigenvalue weighted by Gasteiger charge is 2.18. The quantitative estimate of drug-likeness (QED) is 0.755. The van der Waals surface area contributed by atoms with Crippen molar-refractivity contribution in [1.29, 1.82) is 0 Å². The van der Waals surface area contributed by atoms with Crippen molar-refractivity contribution < 1.29 is 14.3 Å². The number of amides is 3. The molecule has 4 N–H and O–H groups in total. The van der Waals surface area contributed by atoms with Gasteiger partial charge in [-0.25, -0.2) is 4.79 Å². The van der Waals surface area contributed by atoms with Gasteiger partial charge in [-0.15, -0.1) is 0 Å². The maximum absolute atomic E-state index is 11.7. The van der Waals surface area contributed by atoms with Gasteiger partial charge >= 0.3 is 6.03 Å². The molecule has 0 saturated heterocycles. The Kier molecular flexibility index (Phi) is 5.32. The predicted molar refractivity (Wildman–Crippen MR) is 71.7 cm³/mol. The van der Waals surface area contributed by atoms with E-state index in [1.165, 1.54) is 7.05 Å². The molecule has 0 saturated carbocycles. The summed E-state index contributed by atoms with van der Waals surface area (Å²) in [6.07, 6.45) is -0.794. The molecule has 0 aliphatic heterocycles. The van der Waals surface area contributed by atoms with Crippen molar-refractivity contribution in [3.05, 3.63) is 29.8 Å². The lowest BCUT2D eigenvalue weighted by atomic mass is 10.1. The monoisotopic (exact) mass is 265 g/mol. The number of hydrogen-bond donors (Lipinski definition) is 3. The molecule has 1 aromatic carbocycles. The Morgan fingerprint density at radius 2 is 1.89 bits per heavy atom. The normalized spacial score (nSPS) is 13.3. The van der Waals surface area contributed by atoms with Crippen LogP contribution in [0.1, 0.15) is 25.5 Å². The number of rotatable bonds is 4. The first-order valence-electron chi connectivity index (χ1n) is 5.99. The van der Waals surface area contributed by atoms with Crippen LogP contribution in [0.2, 0.25) is 0 Å². The van der Waals surface area contributed by atoms with Gasteiger partial charge in [-0.3, -0.25) is 10.1 Å². The maximum Gasteiger partial charge on any atom is 0.321 e. The smallest absolute Gasteiger partial charge is 0.321 e. The molecule has 0 aliphatic rings. The van der Waals surface area contributed by atoms with Gasteiger partial charge in [0.2, 0.25) is 0 Å². The van der Waals surface area contributed by atoms with Crippen LogP contribution in [0.4, 0.5) is 4.79 Å². The van der Waals surface area contributed by atoms with E-state index in [9.17, 15) is 9.59 Å². The Balaban J connectivity index is 2.74. The molecule has 0 radical (unpaired) electrons. The summed E-state index contributed by atoms with van der Waals surface area (Å²) in [7, 11) is 1.43. The van der Waals surface area contributed by atoms with Crippen molar-refractivity contribution >= 4 is 11.9 Å². The summed E-state index contributed by atoms with van der Waals surface area (Å²) < 4.78 is 5.54. The molecule has 1 unspecified atom stereocenters. The number of hydrogen-bond acceptors (Lipinski definition) is 4. The number of nitrogens with two attached hydrogens (primary N) is 1. The van der Waals surface area contributed by atoms with E-state index in [-0.39, 0.29) is 6.04 Å². The summed E-state index contributed by atoms with van der Waals surface area (Å²) in [5, 5.41) is 4.45. The fraction of sp³-hybridized carbons (Fsp3) is 0.385. The van der Waals surface area contributed by atoms with Crippen molar-refractivity contribution in [2.45, 2.75) is 26.0 Å². The van der Waals surface area contributed by atoms with E-state index >= 15 is 0 Å². The molecule has 1 rings (SSSR count). The molecule has 1 aromatic rings. The number of benzene rings is 1. The molecule has 0 spiro atoms. The Hall–Kier alpha value is -2.08. The highest BCUT2D eigenvalue weighted by atomic mass is 16.5. The molecule has 6 nitrogen and oxygen atoms in total. The standard InChI is InChI=1S/C13H19N3O3/c1-8(14)10-6-4-5-7-11(10)19-9(2)12(17)16-13(18)15-3/h4-9H,14H2,1-3H3,(H2,15,16,17,18)/t8-,9?/m1/s1. The Labute approximate surface area is 112 Å². The second-order valence-corrected chi connectivity index (χ2v) is 4.15. The summed E-state index contributed by atoms with van der Waals surface area (Å²) in [6, 6.07) is 6.45. The molecule has 0 fully saturated rings. The van der Waals surface area contributed by atoms with Crippen LogP contribution in [-0.2, 0) is 4.79 Å². The SMILES string of the molecule is CNC(=O)NC(=O)C(C)Oc1ccccc1[C@@H](C)N. The molecule has 0 aliphatic carbocycles. The van der Waals surface area contributed by atoms with E-state index in [1.807, 2.05) is 19.1 Å². The second-order valence-electron chi connectivity index (χ2n) is 4.15. The molecular weight excluding hydrogens is 246 g/mol. The van der Waals surface area contributed by atoms with Crippen molar-refractivity contribution in [1.82, 2.24) is 10.6 Å². The van der Waals surface area contributed by atoms with Crippen molar-refractivity contribution in [3.8, 4) is 5.75 Å². The van der Waals surface area contributed by atoms with Crippen LogP contribution in [0.3, 0.4) is 0 Å². The fourth-order valence-corrected chi connectivity index (χ4v) is 1.48. The zero-order valence-electron chi connectivity index (χ0n) is 11.3. The average molecular weight is 265 g/mol. The molecule has 2 atom stereocenters.